The standard InChI is InChI=1S/C22H29BrO4S/c1-3-5-15(11-17-12-18(23)8-9-19(17)24)7-10-20-22-16(6-4-2)14-28(25,26)21(22)13-27-20/h8-9,11-12,20-21,24H,3-7,10,13-14H2,1-2H3/b15-11+/t20-,21+/m1/s1. The average Bonchev–Trinajstić information content (AvgIpc) is 3.17. The number of fused-ring (bicyclic) bond motifs is 1. The Kier molecular flexibility index (Phi) is 7.05. The number of hydrogen-bond acceptors (Lipinski definition) is 4. The summed E-state index contributed by atoms with van der Waals surface area (Å²) in [6.07, 6.45) is 7.35. The summed E-state index contributed by atoms with van der Waals surface area (Å²) in [7, 11) is -3.09. The second-order valence-electron chi connectivity index (χ2n) is 7.72. The van der Waals surface area contributed by atoms with Crippen LogP contribution in [0.25, 0.3) is 6.08 Å². The van der Waals surface area contributed by atoms with E-state index in [1.54, 1.807) is 6.07 Å². The van der Waals surface area contributed by atoms with Crippen molar-refractivity contribution in [1.29, 1.82) is 0 Å². The van der Waals surface area contributed by atoms with Gasteiger partial charge in [0, 0.05) is 10.0 Å². The topological polar surface area (TPSA) is 63.6 Å². The Balaban J connectivity index is 1.78. The fourth-order valence-electron chi connectivity index (χ4n) is 4.29. The lowest BCUT2D eigenvalue weighted by molar-refractivity contribution is 0.117. The monoisotopic (exact) mass is 468 g/mol. The van der Waals surface area contributed by atoms with Crippen molar-refractivity contribution in [3.05, 3.63) is 45.0 Å². The zero-order chi connectivity index (χ0) is 20.3. The van der Waals surface area contributed by atoms with Crippen LogP contribution in [0.1, 0.15) is 57.9 Å². The maximum absolute atomic E-state index is 12.5. The highest BCUT2D eigenvalue weighted by atomic mass is 79.9. The Labute approximate surface area is 176 Å². The lowest BCUT2D eigenvalue weighted by Gasteiger charge is -2.15. The van der Waals surface area contributed by atoms with Gasteiger partial charge in [0.25, 0.3) is 0 Å². The zero-order valence-corrected chi connectivity index (χ0v) is 19.0. The number of phenols is 1. The van der Waals surface area contributed by atoms with Gasteiger partial charge in [-0.25, -0.2) is 8.42 Å². The van der Waals surface area contributed by atoms with Gasteiger partial charge in [-0.2, -0.15) is 0 Å². The maximum atomic E-state index is 12.5. The Hall–Kier alpha value is -1.11. The number of sulfone groups is 1. The lowest BCUT2D eigenvalue weighted by Crippen LogP contribution is -2.19. The molecule has 2 aliphatic rings. The van der Waals surface area contributed by atoms with E-state index in [4.69, 9.17) is 4.74 Å². The zero-order valence-electron chi connectivity index (χ0n) is 16.6. The molecule has 1 saturated heterocycles. The minimum atomic E-state index is -3.09. The maximum Gasteiger partial charge on any atom is 0.163 e. The molecule has 0 radical (unpaired) electrons. The molecule has 0 saturated carbocycles. The summed E-state index contributed by atoms with van der Waals surface area (Å²) in [5.41, 5.74) is 4.18. The first kappa shape index (κ1) is 21.6. The van der Waals surface area contributed by atoms with Crippen LogP contribution < -0.4 is 0 Å². The number of hydrogen-bond donors (Lipinski definition) is 1. The molecule has 0 amide bonds. The Morgan fingerprint density at radius 2 is 2.07 bits per heavy atom. The molecule has 154 valence electrons. The van der Waals surface area contributed by atoms with E-state index in [2.05, 4.69) is 35.9 Å². The summed E-state index contributed by atoms with van der Waals surface area (Å²) in [5.74, 6) is 0.480. The van der Waals surface area contributed by atoms with Crippen molar-refractivity contribution in [3.8, 4) is 5.75 Å². The third-order valence-electron chi connectivity index (χ3n) is 5.56. The van der Waals surface area contributed by atoms with Gasteiger partial charge < -0.3 is 9.84 Å². The summed E-state index contributed by atoms with van der Waals surface area (Å²) in [6, 6.07) is 5.43. The molecule has 2 heterocycles. The molecule has 1 N–H and O–H groups in total. The molecule has 28 heavy (non-hydrogen) atoms. The summed E-state index contributed by atoms with van der Waals surface area (Å²) in [5, 5.41) is 9.72. The van der Waals surface area contributed by atoms with Crippen LogP contribution in [0, 0.1) is 0 Å². The van der Waals surface area contributed by atoms with E-state index in [0.29, 0.717) is 6.61 Å². The highest BCUT2D eigenvalue weighted by molar-refractivity contribution is 9.10. The largest absolute Gasteiger partial charge is 0.507 e. The Morgan fingerprint density at radius 3 is 2.79 bits per heavy atom. The van der Waals surface area contributed by atoms with Crippen molar-refractivity contribution in [2.45, 2.75) is 63.7 Å². The van der Waals surface area contributed by atoms with Crippen molar-refractivity contribution in [1.82, 2.24) is 0 Å². The number of halogens is 1. The fourth-order valence-corrected chi connectivity index (χ4v) is 6.66. The molecule has 2 atom stereocenters. The Bertz CT molecular complexity index is 886. The molecule has 0 spiro atoms. The Morgan fingerprint density at radius 1 is 1.29 bits per heavy atom. The van der Waals surface area contributed by atoms with Gasteiger partial charge in [-0.05, 0) is 49.5 Å². The molecule has 0 aromatic heterocycles. The number of aromatic hydroxyl groups is 1. The minimum Gasteiger partial charge on any atom is -0.507 e. The molecule has 1 aromatic rings. The predicted octanol–water partition coefficient (Wildman–Crippen LogP) is 5.41. The third-order valence-corrected chi connectivity index (χ3v) is 8.06. The number of rotatable bonds is 8. The highest BCUT2D eigenvalue weighted by Gasteiger charge is 2.46. The number of phenolic OH excluding ortho intramolecular Hbond substituents is 1. The minimum absolute atomic E-state index is 0.0970. The quantitative estimate of drug-likeness (QED) is 0.517. The van der Waals surface area contributed by atoms with E-state index >= 15 is 0 Å². The second kappa shape index (κ2) is 9.14. The summed E-state index contributed by atoms with van der Waals surface area (Å²) in [6.45, 7) is 4.53. The third kappa shape index (κ3) is 4.71. The number of allylic oxidation sites excluding steroid dienone is 1. The molecular weight excluding hydrogens is 440 g/mol. The molecule has 1 fully saturated rings. The summed E-state index contributed by atoms with van der Waals surface area (Å²) >= 11 is 3.46. The molecule has 2 aliphatic heterocycles. The van der Waals surface area contributed by atoms with Gasteiger partial charge in [-0.3, -0.25) is 0 Å². The van der Waals surface area contributed by atoms with E-state index in [1.807, 2.05) is 12.1 Å². The van der Waals surface area contributed by atoms with Gasteiger partial charge in [0.05, 0.1) is 18.5 Å². The van der Waals surface area contributed by atoms with Crippen LogP contribution in [-0.2, 0) is 14.6 Å². The van der Waals surface area contributed by atoms with Crippen molar-refractivity contribution < 1.29 is 18.3 Å². The lowest BCUT2D eigenvalue weighted by atomic mass is 9.93. The molecule has 3 rings (SSSR count). The van der Waals surface area contributed by atoms with Crippen molar-refractivity contribution >= 4 is 31.8 Å². The first-order valence-electron chi connectivity index (χ1n) is 10.1. The second-order valence-corrected chi connectivity index (χ2v) is 10.8. The first-order valence-corrected chi connectivity index (χ1v) is 12.6. The van der Waals surface area contributed by atoms with Gasteiger partial charge in [0.2, 0.25) is 0 Å². The van der Waals surface area contributed by atoms with E-state index in [1.165, 1.54) is 5.57 Å². The van der Waals surface area contributed by atoms with Crippen molar-refractivity contribution in [2.75, 3.05) is 12.4 Å². The molecule has 0 bridgehead atoms. The molecule has 0 unspecified atom stereocenters. The smallest absolute Gasteiger partial charge is 0.163 e. The number of ether oxygens (including phenoxy) is 1. The van der Waals surface area contributed by atoms with Crippen LogP contribution in [0.5, 0.6) is 5.75 Å². The van der Waals surface area contributed by atoms with E-state index in [-0.39, 0.29) is 17.6 Å². The molecule has 1 aromatic carbocycles. The van der Waals surface area contributed by atoms with Crippen LogP contribution in [0.15, 0.2) is 39.4 Å². The predicted molar refractivity (Wildman–Crippen MR) is 117 cm³/mol. The van der Waals surface area contributed by atoms with Crippen molar-refractivity contribution in [2.24, 2.45) is 0 Å². The highest BCUT2D eigenvalue weighted by Crippen LogP contribution is 2.40. The van der Waals surface area contributed by atoms with Gasteiger partial charge in [-0.1, -0.05) is 59.8 Å². The average molecular weight is 469 g/mol. The van der Waals surface area contributed by atoms with Crippen LogP contribution >= 0.6 is 15.9 Å². The van der Waals surface area contributed by atoms with Gasteiger partial charge in [0.15, 0.2) is 9.84 Å². The molecule has 6 heteroatoms. The van der Waals surface area contributed by atoms with Crippen LogP contribution in [0.4, 0.5) is 0 Å². The van der Waals surface area contributed by atoms with E-state index < -0.39 is 15.1 Å². The summed E-state index contributed by atoms with van der Waals surface area (Å²) in [4.78, 5) is 0. The number of benzene rings is 1. The van der Waals surface area contributed by atoms with Crippen LogP contribution in [-0.4, -0.2) is 37.2 Å². The van der Waals surface area contributed by atoms with E-state index in [0.717, 1.165) is 59.7 Å². The van der Waals surface area contributed by atoms with Gasteiger partial charge in [-0.15, -0.1) is 0 Å². The molecule has 0 aliphatic carbocycles. The summed E-state index contributed by atoms with van der Waals surface area (Å²) < 4.78 is 31.8. The van der Waals surface area contributed by atoms with Crippen LogP contribution in [0.2, 0.25) is 0 Å². The van der Waals surface area contributed by atoms with E-state index in [9.17, 15) is 13.5 Å². The normalized spacial score (nSPS) is 24.0. The molecular formula is C22H29BrO4S. The first-order chi connectivity index (χ1) is 13.4. The van der Waals surface area contributed by atoms with Gasteiger partial charge in [0.1, 0.15) is 11.0 Å². The fraction of sp³-hybridized carbons (Fsp3) is 0.545. The molecule has 4 nitrogen and oxygen atoms in total. The van der Waals surface area contributed by atoms with Gasteiger partial charge >= 0.3 is 0 Å². The van der Waals surface area contributed by atoms with Crippen molar-refractivity contribution in [3.63, 3.8) is 0 Å². The SMILES string of the molecule is CCCC1=C2[C@@H](CC/C(=C/c3cc(Br)ccc3O)CCC)OC[C@@H]2S(=O)(=O)C1. The van der Waals surface area contributed by atoms with Crippen LogP contribution in [0.3, 0.4) is 0 Å².